The number of hydrogen-bond donors (Lipinski definition) is 2. The van der Waals surface area contributed by atoms with E-state index in [4.69, 9.17) is 11.6 Å². The van der Waals surface area contributed by atoms with Crippen LogP contribution in [0.1, 0.15) is 34.2 Å². The van der Waals surface area contributed by atoms with E-state index in [9.17, 15) is 14.0 Å². The number of nitrogens with zero attached hydrogens (tertiary/aromatic N) is 2. The minimum absolute atomic E-state index is 0.0890. The van der Waals surface area contributed by atoms with E-state index in [0.29, 0.717) is 38.9 Å². The van der Waals surface area contributed by atoms with Gasteiger partial charge in [-0.3, -0.25) is 9.48 Å². The summed E-state index contributed by atoms with van der Waals surface area (Å²) in [6, 6.07) is 10.7. The van der Waals surface area contributed by atoms with Gasteiger partial charge in [-0.2, -0.15) is 5.10 Å². The molecule has 0 saturated carbocycles. The van der Waals surface area contributed by atoms with Crippen LogP contribution < -0.4 is 10.6 Å². The number of benzene rings is 2. The van der Waals surface area contributed by atoms with Crippen LogP contribution >= 0.6 is 11.6 Å². The van der Waals surface area contributed by atoms with Gasteiger partial charge in [-0.05, 0) is 45.0 Å². The minimum Gasteiger partial charge on any atom is -0.308 e. The van der Waals surface area contributed by atoms with Crippen LogP contribution in [0.5, 0.6) is 0 Å². The van der Waals surface area contributed by atoms with Gasteiger partial charge in [-0.25, -0.2) is 9.18 Å². The van der Waals surface area contributed by atoms with E-state index in [1.807, 2.05) is 0 Å². The summed E-state index contributed by atoms with van der Waals surface area (Å²) in [4.78, 5) is 23.9. The number of aryl methyl sites for hydroxylation is 1. The summed E-state index contributed by atoms with van der Waals surface area (Å²) in [6.07, 6.45) is 0. The van der Waals surface area contributed by atoms with Crippen LogP contribution in [0.3, 0.4) is 0 Å². The third-order valence-electron chi connectivity index (χ3n) is 4.52. The van der Waals surface area contributed by atoms with Crippen LogP contribution in [0.15, 0.2) is 42.5 Å². The molecule has 0 fully saturated rings. The van der Waals surface area contributed by atoms with Crippen LogP contribution in [0.4, 0.5) is 20.6 Å². The van der Waals surface area contributed by atoms with Gasteiger partial charge in [0.15, 0.2) is 5.78 Å². The topological polar surface area (TPSA) is 76.0 Å². The molecular weight excluding hydrogens is 395 g/mol. The van der Waals surface area contributed by atoms with Gasteiger partial charge in [0, 0.05) is 21.8 Å². The van der Waals surface area contributed by atoms with E-state index in [-0.39, 0.29) is 12.3 Å². The molecule has 0 spiro atoms. The van der Waals surface area contributed by atoms with Crippen molar-refractivity contribution < 1.29 is 14.0 Å². The SMILES string of the molecule is CC(=O)c1cccc(NC(=O)Nc2c(C)nn(Cc3c(F)cccc3Cl)c2C)c1. The Balaban J connectivity index is 1.77. The quantitative estimate of drug-likeness (QED) is 0.564. The fourth-order valence-electron chi connectivity index (χ4n) is 2.96. The number of Topliss-reactive ketones (excluding diaryl/α,β-unsaturated/α-hetero) is 1. The number of aromatic nitrogens is 2. The Morgan fingerprint density at radius 3 is 2.55 bits per heavy atom. The number of ketones is 1. The van der Waals surface area contributed by atoms with Crippen molar-refractivity contribution in [3.05, 3.63) is 75.8 Å². The number of rotatable bonds is 5. The zero-order valence-electron chi connectivity index (χ0n) is 16.2. The maximum absolute atomic E-state index is 14.1. The van der Waals surface area contributed by atoms with Crippen molar-refractivity contribution >= 4 is 34.8 Å². The van der Waals surface area contributed by atoms with E-state index in [1.54, 1.807) is 54.9 Å². The molecule has 0 bridgehead atoms. The van der Waals surface area contributed by atoms with Crippen LogP contribution in [-0.4, -0.2) is 21.6 Å². The molecule has 2 amide bonds. The highest BCUT2D eigenvalue weighted by Crippen LogP contribution is 2.24. The maximum Gasteiger partial charge on any atom is 0.323 e. The van der Waals surface area contributed by atoms with Gasteiger partial charge in [0.25, 0.3) is 0 Å². The standard InChI is InChI=1S/C21H20ClFN4O2/c1-12-20(25-21(29)24-16-7-4-6-15(10-16)14(3)28)13(2)27(26-12)11-17-18(22)8-5-9-19(17)23/h4-10H,11H2,1-3H3,(H2,24,25,29). The predicted molar refractivity (Wildman–Crippen MR) is 111 cm³/mol. The number of halogens is 2. The monoisotopic (exact) mass is 414 g/mol. The van der Waals surface area contributed by atoms with Gasteiger partial charge in [-0.1, -0.05) is 29.8 Å². The molecule has 0 radical (unpaired) electrons. The second-order valence-electron chi connectivity index (χ2n) is 6.62. The summed E-state index contributed by atoms with van der Waals surface area (Å²) >= 11 is 6.10. The summed E-state index contributed by atoms with van der Waals surface area (Å²) in [5.41, 5.74) is 3.10. The Labute approximate surface area is 172 Å². The van der Waals surface area contributed by atoms with Crippen molar-refractivity contribution in [3.63, 3.8) is 0 Å². The third-order valence-corrected chi connectivity index (χ3v) is 4.87. The fraction of sp³-hybridized carbons (Fsp3) is 0.190. The van der Waals surface area contributed by atoms with Crippen molar-refractivity contribution in [2.45, 2.75) is 27.3 Å². The average molecular weight is 415 g/mol. The zero-order chi connectivity index (χ0) is 21.1. The minimum atomic E-state index is -0.472. The van der Waals surface area contributed by atoms with Crippen molar-refractivity contribution in [3.8, 4) is 0 Å². The highest BCUT2D eigenvalue weighted by Gasteiger charge is 2.17. The van der Waals surface area contributed by atoms with Gasteiger partial charge in [0.2, 0.25) is 0 Å². The molecule has 29 heavy (non-hydrogen) atoms. The summed E-state index contributed by atoms with van der Waals surface area (Å²) < 4.78 is 15.7. The van der Waals surface area contributed by atoms with Crippen LogP contribution in [0.25, 0.3) is 0 Å². The number of anilines is 2. The molecule has 0 aliphatic rings. The summed E-state index contributed by atoms with van der Waals surface area (Å²) in [5, 5.41) is 10.2. The Morgan fingerprint density at radius 1 is 1.14 bits per heavy atom. The smallest absolute Gasteiger partial charge is 0.308 e. The molecule has 0 atom stereocenters. The first-order valence-corrected chi connectivity index (χ1v) is 9.30. The Hall–Kier alpha value is -3.19. The lowest BCUT2D eigenvalue weighted by Gasteiger charge is -2.10. The van der Waals surface area contributed by atoms with Crippen LogP contribution in [-0.2, 0) is 6.54 Å². The first kappa shape index (κ1) is 20.5. The Kier molecular flexibility index (Phi) is 5.98. The molecule has 2 aromatic carbocycles. The lowest BCUT2D eigenvalue weighted by molar-refractivity contribution is 0.101. The normalized spacial score (nSPS) is 10.7. The number of carbonyl (C=O) groups is 2. The van der Waals surface area contributed by atoms with Crippen molar-refractivity contribution in [1.82, 2.24) is 9.78 Å². The molecule has 3 aromatic rings. The number of carbonyl (C=O) groups excluding carboxylic acids is 2. The Bertz CT molecular complexity index is 1070. The molecule has 150 valence electrons. The number of nitrogens with one attached hydrogen (secondary N) is 2. The lowest BCUT2D eigenvalue weighted by atomic mass is 10.1. The highest BCUT2D eigenvalue weighted by molar-refractivity contribution is 6.31. The van der Waals surface area contributed by atoms with Crippen molar-refractivity contribution in [1.29, 1.82) is 0 Å². The molecule has 0 saturated heterocycles. The third kappa shape index (κ3) is 4.63. The van der Waals surface area contributed by atoms with E-state index in [2.05, 4.69) is 15.7 Å². The maximum atomic E-state index is 14.1. The molecule has 2 N–H and O–H groups in total. The Morgan fingerprint density at radius 2 is 1.86 bits per heavy atom. The van der Waals surface area contributed by atoms with E-state index in [1.165, 1.54) is 13.0 Å². The number of hydrogen-bond acceptors (Lipinski definition) is 3. The van der Waals surface area contributed by atoms with Gasteiger partial charge in [0.05, 0.1) is 23.6 Å². The van der Waals surface area contributed by atoms with E-state index in [0.717, 1.165) is 0 Å². The second kappa shape index (κ2) is 8.45. The van der Waals surface area contributed by atoms with Crippen LogP contribution in [0.2, 0.25) is 5.02 Å². The molecule has 8 heteroatoms. The first-order chi connectivity index (χ1) is 13.8. The summed E-state index contributed by atoms with van der Waals surface area (Å²) in [6.45, 7) is 5.13. The summed E-state index contributed by atoms with van der Waals surface area (Å²) in [5.74, 6) is -0.503. The average Bonchev–Trinajstić information content (AvgIpc) is 2.92. The molecule has 6 nitrogen and oxygen atoms in total. The van der Waals surface area contributed by atoms with Gasteiger partial charge in [0.1, 0.15) is 5.82 Å². The molecule has 0 aliphatic carbocycles. The molecule has 3 rings (SSSR count). The fourth-order valence-corrected chi connectivity index (χ4v) is 3.18. The predicted octanol–water partition coefficient (Wildman–Crippen LogP) is 5.19. The van der Waals surface area contributed by atoms with E-state index >= 15 is 0 Å². The van der Waals surface area contributed by atoms with Gasteiger partial charge >= 0.3 is 6.03 Å². The first-order valence-electron chi connectivity index (χ1n) is 8.92. The van der Waals surface area contributed by atoms with Crippen molar-refractivity contribution in [2.75, 3.05) is 10.6 Å². The van der Waals surface area contributed by atoms with Crippen molar-refractivity contribution in [2.24, 2.45) is 0 Å². The van der Waals surface area contributed by atoms with Crippen LogP contribution in [0, 0.1) is 19.7 Å². The van der Waals surface area contributed by atoms with Gasteiger partial charge in [-0.15, -0.1) is 0 Å². The zero-order valence-corrected chi connectivity index (χ0v) is 17.0. The number of urea groups is 1. The second-order valence-corrected chi connectivity index (χ2v) is 7.03. The largest absolute Gasteiger partial charge is 0.323 e. The lowest BCUT2D eigenvalue weighted by Crippen LogP contribution is -2.20. The molecular formula is C21H20ClFN4O2. The van der Waals surface area contributed by atoms with Gasteiger partial charge < -0.3 is 10.6 Å². The molecule has 0 unspecified atom stereocenters. The molecule has 1 heterocycles. The molecule has 0 aliphatic heterocycles. The van der Waals surface area contributed by atoms with E-state index < -0.39 is 11.8 Å². The molecule has 1 aromatic heterocycles. The highest BCUT2D eigenvalue weighted by atomic mass is 35.5. The summed E-state index contributed by atoms with van der Waals surface area (Å²) in [7, 11) is 0. The number of amides is 2.